The number of fused-ring (bicyclic) bond motifs is 1. The van der Waals surface area contributed by atoms with Crippen LogP contribution < -0.4 is 5.32 Å². The van der Waals surface area contributed by atoms with E-state index in [1.807, 2.05) is 24.3 Å². The second-order valence-electron chi connectivity index (χ2n) is 7.26. The minimum absolute atomic E-state index is 0.000342. The van der Waals surface area contributed by atoms with Gasteiger partial charge in [0.05, 0.1) is 18.8 Å². The fourth-order valence-electron chi connectivity index (χ4n) is 3.61. The fourth-order valence-corrected chi connectivity index (χ4v) is 3.73. The molecule has 4 rings (SSSR count). The van der Waals surface area contributed by atoms with E-state index in [4.69, 9.17) is 16.3 Å². The van der Waals surface area contributed by atoms with Gasteiger partial charge < -0.3 is 15.0 Å². The highest BCUT2D eigenvalue weighted by Crippen LogP contribution is 2.21. The largest absolute Gasteiger partial charge is 0.448 e. The zero-order chi connectivity index (χ0) is 21.1. The third kappa shape index (κ3) is 4.40. The monoisotopic (exact) mass is 431 g/mol. The Bertz CT molecular complexity index is 959. The number of amides is 3. The van der Waals surface area contributed by atoms with Crippen LogP contribution in [0.5, 0.6) is 0 Å². The van der Waals surface area contributed by atoms with Crippen LogP contribution in [0.1, 0.15) is 27.3 Å². The number of carbonyl (C=O) groups is 3. The Kier molecular flexibility index (Phi) is 5.89. The van der Waals surface area contributed by atoms with E-state index in [1.165, 1.54) is 4.90 Å². The number of ether oxygens (including phenoxy) is 1. The number of hydrogen-bond donors (Lipinski definition) is 2. The number of H-pyrrole nitrogens is 1. The quantitative estimate of drug-likeness (QED) is 0.718. The van der Waals surface area contributed by atoms with E-state index in [0.717, 1.165) is 16.8 Å². The summed E-state index contributed by atoms with van der Waals surface area (Å²) in [7, 11) is 0. The normalized spacial score (nSPS) is 15.7. The summed E-state index contributed by atoms with van der Waals surface area (Å²) in [6, 6.07) is 7.50. The van der Waals surface area contributed by atoms with Crippen molar-refractivity contribution < 1.29 is 19.1 Å². The molecule has 158 valence electrons. The standard InChI is InChI=1S/C20H22ClN5O4/c21-14-3-1-13(2-4-14)5-7-22-19(28)18-15-6-8-25(11-16(15)23-24-18)17(27)12-26-9-10-30-20(26)29/h1-4H,5-12H2,(H,22,28)(H,23,24). The maximum atomic E-state index is 12.6. The van der Waals surface area contributed by atoms with E-state index in [9.17, 15) is 14.4 Å². The molecule has 1 saturated heterocycles. The Hall–Kier alpha value is -3.07. The van der Waals surface area contributed by atoms with Gasteiger partial charge in [0.25, 0.3) is 5.91 Å². The molecule has 30 heavy (non-hydrogen) atoms. The van der Waals surface area contributed by atoms with Crippen LogP contribution in [0, 0.1) is 0 Å². The Labute approximate surface area is 178 Å². The predicted octanol–water partition coefficient (Wildman–Crippen LogP) is 1.37. The second kappa shape index (κ2) is 8.74. The molecular formula is C20H22ClN5O4. The van der Waals surface area contributed by atoms with Gasteiger partial charge in [0.2, 0.25) is 5.91 Å². The molecule has 0 spiro atoms. The summed E-state index contributed by atoms with van der Waals surface area (Å²) < 4.78 is 4.85. The number of halogens is 1. The van der Waals surface area contributed by atoms with Crippen molar-refractivity contribution in [3.8, 4) is 0 Å². The van der Waals surface area contributed by atoms with Gasteiger partial charge in [-0.3, -0.25) is 19.6 Å². The second-order valence-corrected chi connectivity index (χ2v) is 7.70. The van der Waals surface area contributed by atoms with E-state index < -0.39 is 6.09 Å². The molecule has 2 N–H and O–H groups in total. The van der Waals surface area contributed by atoms with Crippen LogP contribution >= 0.6 is 11.6 Å². The van der Waals surface area contributed by atoms with Gasteiger partial charge in [0.1, 0.15) is 13.2 Å². The lowest BCUT2D eigenvalue weighted by atomic mass is 10.0. The molecule has 3 heterocycles. The molecular weight excluding hydrogens is 410 g/mol. The SMILES string of the molecule is O=C(NCCc1ccc(Cl)cc1)c1n[nH]c2c1CCN(C(=O)CN1CCOC1=O)C2. The summed E-state index contributed by atoms with van der Waals surface area (Å²) in [4.78, 5) is 39.6. The molecule has 0 saturated carbocycles. The van der Waals surface area contributed by atoms with Crippen LogP contribution in [-0.4, -0.2) is 70.7 Å². The van der Waals surface area contributed by atoms with Crippen LogP contribution in [0.25, 0.3) is 0 Å². The highest BCUT2D eigenvalue weighted by atomic mass is 35.5. The van der Waals surface area contributed by atoms with Crippen molar-refractivity contribution in [2.24, 2.45) is 0 Å². The Balaban J connectivity index is 1.31. The Morgan fingerprint density at radius 2 is 2.03 bits per heavy atom. The molecule has 2 aromatic rings. The molecule has 2 aliphatic heterocycles. The summed E-state index contributed by atoms with van der Waals surface area (Å²) in [5.41, 5.74) is 3.04. The van der Waals surface area contributed by atoms with Gasteiger partial charge in [-0.1, -0.05) is 23.7 Å². The molecule has 0 atom stereocenters. The molecule has 9 nitrogen and oxygen atoms in total. The average molecular weight is 432 g/mol. The van der Waals surface area contributed by atoms with Crippen molar-refractivity contribution in [3.63, 3.8) is 0 Å². The summed E-state index contributed by atoms with van der Waals surface area (Å²) in [5.74, 6) is -0.385. The molecule has 2 aliphatic rings. The van der Waals surface area contributed by atoms with Crippen molar-refractivity contribution in [2.45, 2.75) is 19.4 Å². The molecule has 0 unspecified atom stereocenters. The number of carbonyl (C=O) groups excluding carboxylic acids is 3. The minimum atomic E-state index is -0.458. The first-order valence-corrected chi connectivity index (χ1v) is 10.2. The fraction of sp³-hybridized carbons (Fsp3) is 0.400. The molecule has 0 aliphatic carbocycles. The maximum absolute atomic E-state index is 12.6. The highest BCUT2D eigenvalue weighted by molar-refractivity contribution is 6.30. The smallest absolute Gasteiger partial charge is 0.410 e. The van der Waals surface area contributed by atoms with Crippen molar-refractivity contribution in [2.75, 3.05) is 32.8 Å². The third-order valence-corrected chi connectivity index (χ3v) is 5.54. The van der Waals surface area contributed by atoms with E-state index >= 15 is 0 Å². The molecule has 10 heteroatoms. The minimum Gasteiger partial charge on any atom is -0.448 e. The number of hydrogen-bond acceptors (Lipinski definition) is 5. The zero-order valence-electron chi connectivity index (χ0n) is 16.3. The lowest BCUT2D eigenvalue weighted by molar-refractivity contribution is -0.132. The lowest BCUT2D eigenvalue weighted by Gasteiger charge is -2.28. The van der Waals surface area contributed by atoms with Gasteiger partial charge >= 0.3 is 6.09 Å². The van der Waals surface area contributed by atoms with Gasteiger partial charge in [-0.2, -0.15) is 5.10 Å². The topological polar surface area (TPSA) is 108 Å². The van der Waals surface area contributed by atoms with E-state index in [1.54, 1.807) is 4.90 Å². The summed E-state index contributed by atoms with van der Waals surface area (Å²) in [6.07, 6.45) is 0.763. The van der Waals surface area contributed by atoms with Gasteiger partial charge in [-0.25, -0.2) is 4.79 Å². The number of aromatic amines is 1. The molecule has 1 aromatic carbocycles. The van der Waals surface area contributed by atoms with E-state index in [2.05, 4.69) is 15.5 Å². The third-order valence-electron chi connectivity index (χ3n) is 5.28. The van der Waals surface area contributed by atoms with Crippen LogP contribution in [0.3, 0.4) is 0 Å². The Morgan fingerprint density at radius 1 is 1.23 bits per heavy atom. The maximum Gasteiger partial charge on any atom is 0.410 e. The summed E-state index contributed by atoms with van der Waals surface area (Å²) in [5, 5.41) is 10.6. The molecule has 3 amide bonds. The first-order valence-electron chi connectivity index (χ1n) is 9.79. The van der Waals surface area contributed by atoms with Gasteiger partial charge in [0, 0.05) is 23.7 Å². The number of benzene rings is 1. The summed E-state index contributed by atoms with van der Waals surface area (Å²) in [6.45, 7) is 2.03. The first-order chi connectivity index (χ1) is 14.5. The first kappa shape index (κ1) is 20.2. The van der Waals surface area contributed by atoms with Crippen molar-refractivity contribution in [1.82, 2.24) is 25.3 Å². The van der Waals surface area contributed by atoms with Crippen LogP contribution in [0.4, 0.5) is 4.79 Å². The van der Waals surface area contributed by atoms with Crippen LogP contribution in [-0.2, 0) is 28.9 Å². The number of nitrogens with zero attached hydrogens (tertiary/aromatic N) is 3. The molecule has 0 bridgehead atoms. The molecule has 1 fully saturated rings. The van der Waals surface area contributed by atoms with Gasteiger partial charge in [-0.05, 0) is 30.5 Å². The molecule has 0 radical (unpaired) electrons. The summed E-state index contributed by atoms with van der Waals surface area (Å²) >= 11 is 5.88. The van der Waals surface area contributed by atoms with Gasteiger partial charge in [-0.15, -0.1) is 0 Å². The van der Waals surface area contributed by atoms with Crippen LogP contribution in [0.2, 0.25) is 5.02 Å². The molecule has 1 aromatic heterocycles. The van der Waals surface area contributed by atoms with Crippen molar-refractivity contribution >= 4 is 29.5 Å². The van der Waals surface area contributed by atoms with Gasteiger partial charge in [0.15, 0.2) is 5.69 Å². The zero-order valence-corrected chi connectivity index (χ0v) is 17.1. The predicted molar refractivity (Wildman–Crippen MR) is 108 cm³/mol. The van der Waals surface area contributed by atoms with E-state index in [-0.39, 0.29) is 18.4 Å². The highest BCUT2D eigenvalue weighted by Gasteiger charge is 2.30. The number of nitrogens with one attached hydrogen (secondary N) is 2. The number of cyclic esters (lactones) is 1. The Morgan fingerprint density at radius 3 is 2.77 bits per heavy atom. The number of rotatable bonds is 6. The van der Waals surface area contributed by atoms with Crippen molar-refractivity contribution in [3.05, 3.63) is 51.8 Å². The average Bonchev–Trinajstić information content (AvgIpc) is 3.35. The van der Waals surface area contributed by atoms with Crippen LogP contribution in [0.15, 0.2) is 24.3 Å². The van der Waals surface area contributed by atoms with Crippen molar-refractivity contribution in [1.29, 1.82) is 0 Å². The lowest BCUT2D eigenvalue weighted by Crippen LogP contribution is -2.43. The van der Waals surface area contributed by atoms with E-state index in [0.29, 0.717) is 56.3 Å². The number of aromatic nitrogens is 2.